The van der Waals surface area contributed by atoms with Crippen molar-refractivity contribution in [1.82, 2.24) is 4.57 Å². The molecule has 20 heavy (non-hydrogen) atoms. The van der Waals surface area contributed by atoms with Crippen molar-refractivity contribution in [1.29, 1.82) is 0 Å². The van der Waals surface area contributed by atoms with Gasteiger partial charge in [-0.05, 0) is 29.8 Å². The molecule has 2 aromatic carbocycles. The van der Waals surface area contributed by atoms with Crippen molar-refractivity contribution in [2.75, 3.05) is 0 Å². The summed E-state index contributed by atoms with van der Waals surface area (Å²) in [4.78, 5) is 12.1. The molecule has 0 saturated heterocycles. The van der Waals surface area contributed by atoms with Gasteiger partial charge >= 0.3 is 6.09 Å². The van der Waals surface area contributed by atoms with Crippen LogP contribution in [-0.2, 0) is 11.3 Å². The van der Waals surface area contributed by atoms with Crippen LogP contribution in [0, 0.1) is 0 Å². The molecule has 0 aliphatic rings. The first-order valence-corrected chi connectivity index (χ1v) is 6.59. The molecule has 0 radical (unpaired) electrons. The zero-order valence-electron chi connectivity index (χ0n) is 10.6. The number of fused-ring (bicyclic) bond motifs is 1. The number of hydrogen-bond acceptors (Lipinski definition) is 2. The Labute approximate surface area is 121 Å². The van der Waals surface area contributed by atoms with Crippen molar-refractivity contribution in [2.24, 2.45) is 0 Å². The summed E-state index contributed by atoms with van der Waals surface area (Å²) in [5, 5.41) is 1.67. The maximum Gasteiger partial charge on any atom is 0.418 e. The number of nitrogens with zero attached hydrogens (tertiary/aromatic N) is 1. The topological polar surface area (TPSA) is 31.2 Å². The normalized spacial score (nSPS) is 10.7. The van der Waals surface area contributed by atoms with Gasteiger partial charge in [-0.15, -0.1) is 0 Å². The molecule has 0 aliphatic carbocycles. The van der Waals surface area contributed by atoms with E-state index >= 15 is 0 Å². The number of halogens is 1. The van der Waals surface area contributed by atoms with Crippen LogP contribution in [0.5, 0.6) is 0 Å². The van der Waals surface area contributed by atoms with Crippen LogP contribution in [0.3, 0.4) is 0 Å². The molecule has 3 aromatic rings. The van der Waals surface area contributed by atoms with Crippen molar-refractivity contribution in [3.8, 4) is 0 Å². The molecule has 0 N–H and O–H groups in total. The smallest absolute Gasteiger partial charge is 0.418 e. The third-order valence-corrected chi connectivity index (χ3v) is 3.32. The Bertz CT molecular complexity index is 747. The average Bonchev–Trinajstić information content (AvgIpc) is 2.90. The van der Waals surface area contributed by atoms with Crippen LogP contribution in [0.4, 0.5) is 4.79 Å². The zero-order chi connectivity index (χ0) is 13.9. The molecule has 0 aliphatic heterocycles. The lowest BCUT2D eigenvalue weighted by Crippen LogP contribution is -2.12. The van der Waals surface area contributed by atoms with E-state index in [0.717, 1.165) is 16.5 Å². The van der Waals surface area contributed by atoms with Gasteiger partial charge in [0.05, 0.1) is 5.52 Å². The molecule has 0 amide bonds. The van der Waals surface area contributed by atoms with Crippen LogP contribution in [0.2, 0.25) is 5.02 Å². The van der Waals surface area contributed by atoms with Crippen LogP contribution in [0.1, 0.15) is 5.56 Å². The SMILES string of the molecule is O=C(OCc1ccc(Cl)cc1)n1ccc2ccccc21. The van der Waals surface area contributed by atoms with E-state index in [9.17, 15) is 4.79 Å². The van der Waals surface area contributed by atoms with E-state index in [1.807, 2.05) is 42.5 Å². The Morgan fingerprint density at radius 3 is 2.60 bits per heavy atom. The molecule has 0 unspecified atom stereocenters. The van der Waals surface area contributed by atoms with Crippen LogP contribution >= 0.6 is 11.6 Å². The second-order valence-corrected chi connectivity index (χ2v) is 4.86. The monoisotopic (exact) mass is 285 g/mol. The molecule has 100 valence electrons. The number of ether oxygens (including phenoxy) is 1. The summed E-state index contributed by atoms with van der Waals surface area (Å²) in [6.45, 7) is 0.225. The third kappa shape index (κ3) is 2.53. The zero-order valence-corrected chi connectivity index (χ0v) is 11.4. The van der Waals surface area contributed by atoms with Gasteiger partial charge in [-0.1, -0.05) is 41.9 Å². The van der Waals surface area contributed by atoms with Gasteiger partial charge in [-0.2, -0.15) is 0 Å². The van der Waals surface area contributed by atoms with Gasteiger partial charge in [0, 0.05) is 16.6 Å². The Balaban J connectivity index is 1.75. The molecule has 1 heterocycles. The molecule has 3 nitrogen and oxygen atoms in total. The minimum atomic E-state index is -0.388. The minimum absolute atomic E-state index is 0.225. The van der Waals surface area contributed by atoms with Gasteiger partial charge < -0.3 is 4.74 Å². The fourth-order valence-corrected chi connectivity index (χ4v) is 2.16. The largest absolute Gasteiger partial charge is 0.444 e. The second kappa shape index (κ2) is 5.39. The fourth-order valence-electron chi connectivity index (χ4n) is 2.04. The van der Waals surface area contributed by atoms with Crippen molar-refractivity contribution in [2.45, 2.75) is 6.61 Å². The van der Waals surface area contributed by atoms with Crippen molar-refractivity contribution in [3.05, 3.63) is 71.4 Å². The molecular weight excluding hydrogens is 274 g/mol. The Kier molecular flexibility index (Phi) is 3.44. The summed E-state index contributed by atoms with van der Waals surface area (Å²) in [7, 11) is 0. The summed E-state index contributed by atoms with van der Waals surface area (Å²) < 4.78 is 6.81. The predicted octanol–water partition coefficient (Wildman–Crippen LogP) is 4.48. The standard InChI is InChI=1S/C16H12ClNO2/c17-14-7-5-12(6-8-14)11-20-16(19)18-10-9-13-3-1-2-4-15(13)18/h1-10H,11H2. The molecule has 0 saturated carbocycles. The van der Waals surface area contributed by atoms with Gasteiger partial charge in [0.2, 0.25) is 0 Å². The Morgan fingerprint density at radius 1 is 1.05 bits per heavy atom. The number of carbonyl (C=O) groups is 1. The van der Waals surface area contributed by atoms with Gasteiger partial charge in [-0.25, -0.2) is 4.79 Å². The number of para-hydroxylation sites is 1. The van der Waals surface area contributed by atoms with E-state index in [1.165, 1.54) is 4.57 Å². The van der Waals surface area contributed by atoms with Gasteiger partial charge in [0.1, 0.15) is 6.61 Å². The van der Waals surface area contributed by atoms with Gasteiger partial charge in [-0.3, -0.25) is 4.57 Å². The molecule has 0 bridgehead atoms. The predicted molar refractivity (Wildman–Crippen MR) is 79.0 cm³/mol. The van der Waals surface area contributed by atoms with Crippen LogP contribution in [0.25, 0.3) is 10.9 Å². The van der Waals surface area contributed by atoms with Crippen LogP contribution in [-0.4, -0.2) is 10.7 Å². The van der Waals surface area contributed by atoms with Crippen molar-refractivity contribution < 1.29 is 9.53 Å². The summed E-state index contributed by atoms with van der Waals surface area (Å²) in [6, 6.07) is 16.8. The highest BCUT2D eigenvalue weighted by molar-refractivity contribution is 6.30. The Morgan fingerprint density at radius 2 is 1.80 bits per heavy atom. The lowest BCUT2D eigenvalue weighted by molar-refractivity contribution is 0.142. The second-order valence-electron chi connectivity index (χ2n) is 4.43. The molecule has 0 spiro atoms. The van der Waals surface area contributed by atoms with Crippen molar-refractivity contribution >= 4 is 28.6 Å². The highest BCUT2D eigenvalue weighted by Crippen LogP contribution is 2.16. The fraction of sp³-hybridized carbons (Fsp3) is 0.0625. The summed E-state index contributed by atoms with van der Waals surface area (Å²) in [5.74, 6) is 0. The molecule has 3 rings (SSSR count). The highest BCUT2D eigenvalue weighted by atomic mass is 35.5. The first-order chi connectivity index (χ1) is 9.74. The number of carbonyl (C=O) groups excluding carboxylic acids is 1. The maximum atomic E-state index is 12.1. The number of hydrogen-bond donors (Lipinski definition) is 0. The number of benzene rings is 2. The number of aromatic nitrogens is 1. The van der Waals surface area contributed by atoms with Crippen LogP contribution in [0.15, 0.2) is 60.8 Å². The van der Waals surface area contributed by atoms with Crippen LogP contribution < -0.4 is 0 Å². The average molecular weight is 286 g/mol. The van der Waals surface area contributed by atoms with E-state index in [-0.39, 0.29) is 12.7 Å². The Hall–Kier alpha value is -2.26. The van der Waals surface area contributed by atoms with E-state index in [2.05, 4.69) is 0 Å². The van der Waals surface area contributed by atoms with E-state index in [0.29, 0.717) is 5.02 Å². The summed E-state index contributed by atoms with van der Waals surface area (Å²) >= 11 is 5.81. The summed E-state index contributed by atoms with van der Waals surface area (Å²) in [5.41, 5.74) is 1.74. The molecule has 0 atom stereocenters. The molecule has 1 aromatic heterocycles. The first kappa shape index (κ1) is 12.8. The third-order valence-electron chi connectivity index (χ3n) is 3.07. The lowest BCUT2D eigenvalue weighted by Gasteiger charge is -2.06. The van der Waals surface area contributed by atoms with E-state index in [1.54, 1.807) is 18.3 Å². The van der Waals surface area contributed by atoms with Gasteiger partial charge in [0.25, 0.3) is 0 Å². The highest BCUT2D eigenvalue weighted by Gasteiger charge is 2.09. The molecular formula is C16H12ClNO2. The lowest BCUT2D eigenvalue weighted by atomic mass is 10.2. The quantitative estimate of drug-likeness (QED) is 0.695. The summed E-state index contributed by atoms with van der Waals surface area (Å²) in [6.07, 6.45) is 1.33. The first-order valence-electron chi connectivity index (χ1n) is 6.22. The maximum absolute atomic E-state index is 12.1. The van der Waals surface area contributed by atoms with Gasteiger partial charge in [0.15, 0.2) is 0 Å². The molecule has 4 heteroatoms. The van der Waals surface area contributed by atoms with E-state index in [4.69, 9.17) is 16.3 Å². The van der Waals surface area contributed by atoms with Crippen molar-refractivity contribution in [3.63, 3.8) is 0 Å². The minimum Gasteiger partial charge on any atom is -0.444 e. The van der Waals surface area contributed by atoms with E-state index < -0.39 is 0 Å². The molecule has 0 fully saturated rings. The number of rotatable bonds is 2.